The highest BCUT2D eigenvalue weighted by atomic mass is 32.1. The number of hydrogen-bond acceptors (Lipinski definition) is 4. The molecule has 0 atom stereocenters. The van der Waals surface area contributed by atoms with Crippen molar-refractivity contribution in [3.05, 3.63) is 45.6 Å². The lowest BCUT2D eigenvalue weighted by atomic mass is 10.1. The van der Waals surface area contributed by atoms with Gasteiger partial charge in [-0.15, -0.1) is 11.3 Å². The van der Waals surface area contributed by atoms with Crippen molar-refractivity contribution in [1.82, 2.24) is 0 Å². The van der Waals surface area contributed by atoms with Crippen molar-refractivity contribution in [2.24, 2.45) is 5.73 Å². The van der Waals surface area contributed by atoms with Gasteiger partial charge >= 0.3 is 0 Å². The molecule has 0 bridgehead atoms. The van der Waals surface area contributed by atoms with E-state index in [2.05, 4.69) is 17.2 Å². The quantitative estimate of drug-likeness (QED) is 0.856. The summed E-state index contributed by atoms with van der Waals surface area (Å²) in [6.07, 6.45) is 0. The maximum Gasteiger partial charge on any atom is 0.265 e. The molecule has 0 saturated heterocycles. The molecule has 4 nitrogen and oxygen atoms in total. The van der Waals surface area contributed by atoms with Crippen LogP contribution in [-0.4, -0.2) is 19.6 Å². The predicted molar refractivity (Wildman–Crippen MR) is 85.9 cm³/mol. The Hall–Kier alpha value is -2.29. The summed E-state index contributed by atoms with van der Waals surface area (Å²) in [7, 11) is 1.58. The third kappa shape index (κ3) is 4.09. The van der Waals surface area contributed by atoms with E-state index in [-0.39, 0.29) is 5.91 Å². The van der Waals surface area contributed by atoms with Crippen LogP contribution in [0.15, 0.2) is 29.6 Å². The van der Waals surface area contributed by atoms with Gasteiger partial charge in [-0.3, -0.25) is 4.79 Å². The fraction of sp³-hybridized carbons (Fsp3) is 0.188. The zero-order chi connectivity index (χ0) is 15.2. The van der Waals surface area contributed by atoms with Crippen LogP contribution in [0.25, 0.3) is 0 Å². The molecule has 108 valence electrons. The van der Waals surface area contributed by atoms with E-state index in [0.29, 0.717) is 22.9 Å². The van der Waals surface area contributed by atoms with E-state index < -0.39 is 0 Å². The molecule has 2 rings (SSSR count). The summed E-state index contributed by atoms with van der Waals surface area (Å²) in [6, 6.07) is 7.40. The van der Waals surface area contributed by atoms with Crippen molar-refractivity contribution in [2.45, 2.75) is 6.92 Å². The second-order valence-corrected chi connectivity index (χ2v) is 5.31. The van der Waals surface area contributed by atoms with Crippen molar-refractivity contribution >= 4 is 22.9 Å². The Morgan fingerprint density at radius 3 is 2.86 bits per heavy atom. The first-order valence-corrected chi connectivity index (χ1v) is 7.25. The molecule has 0 spiro atoms. The normalized spacial score (nSPS) is 9.67. The van der Waals surface area contributed by atoms with Gasteiger partial charge in [0.05, 0.1) is 18.5 Å². The summed E-state index contributed by atoms with van der Waals surface area (Å²) >= 11 is 1.34. The number of benzene rings is 1. The SMILES string of the molecule is COc1csc(C(=O)Nc2cc(C)cc(C#CCN)c2)c1. The first kappa shape index (κ1) is 15.1. The molecule has 1 aromatic carbocycles. The Balaban J connectivity index is 2.18. The third-order valence-corrected chi connectivity index (χ3v) is 3.61. The monoisotopic (exact) mass is 300 g/mol. The van der Waals surface area contributed by atoms with Crippen LogP contribution in [0.1, 0.15) is 20.8 Å². The van der Waals surface area contributed by atoms with Crippen molar-refractivity contribution < 1.29 is 9.53 Å². The second kappa shape index (κ2) is 6.93. The zero-order valence-corrected chi connectivity index (χ0v) is 12.7. The van der Waals surface area contributed by atoms with Crippen LogP contribution in [-0.2, 0) is 0 Å². The predicted octanol–water partition coefficient (Wildman–Crippen LogP) is 2.63. The van der Waals surface area contributed by atoms with E-state index >= 15 is 0 Å². The fourth-order valence-electron chi connectivity index (χ4n) is 1.82. The zero-order valence-electron chi connectivity index (χ0n) is 11.9. The highest BCUT2D eigenvalue weighted by Crippen LogP contribution is 2.22. The maximum atomic E-state index is 12.2. The molecule has 0 unspecified atom stereocenters. The van der Waals surface area contributed by atoms with Crippen LogP contribution in [0.2, 0.25) is 0 Å². The molecule has 0 aliphatic carbocycles. The number of rotatable bonds is 3. The third-order valence-electron chi connectivity index (χ3n) is 2.70. The Bertz CT molecular complexity index is 711. The number of aryl methyl sites for hydroxylation is 1. The molecule has 1 amide bonds. The van der Waals surface area contributed by atoms with Crippen LogP contribution in [0, 0.1) is 18.8 Å². The lowest BCUT2D eigenvalue weighted by Gasteiger charge is -2.06. The Morgan fingerprint density at radius 2 is 2.19 bits per heavy atom. The summed E-state index contributed by atoms with van der Waals surface area (Å²) < 4.78 is 5.08. The van der Waals surface area contributed by atoms with Crippen molar-refractivity contribution in [3.8, 4) is 17.6 Å². The van der Waals surface area contributed by atoms with Crippen LogP contribution in [0.4, 0.5) is 5.69 Å². The number of carbonyl (C=O) groups excluding carboxylic acids is 1. The standard InChI is InChI=1S/C16H16N2O2S/c1-11-6-12(4-3-5-17)8-13(7-11)18-16(19)15-9-14(20-2)10-21-15/h6-10H,5,17H2,1-2H3,(H,18,19). The van der Waals surface area contributed by atoms with Crippen LogP contribution in [0.3, 0.4) is 0 Å². The van der Waals surface area contributed by atoms with E-state index in [9.17, 15) is 4.79 Å². The average molecular weight is 300 g/mol. The van der Waals surface area contributed by atoms with Gasteiger partial charge in [-0.05, 0) is 30.7 Å². The lowest BCUT2D eigenvalue weighted by Crippen LogP contribution is -2.10. The molecule has 21 heavy (non-hydrogen) atoms. The minimum atomic E-state index is -0.161. The molecule has 0 aliphatic rings. The molecule has 5 heteroatoms. The van der Waals surface area contributed by atoms with Crippen molar-refractivity contribution in [1.29, 1.82) is 0 Å². The van der Waals surface area contributed by atoms with E-state index in [1.54, 1.807) is 18.6 Å². The molecule has 2 aromatic rings. The number of carbonyl (C=O) groups is 1. The smallest absolute Gasteiger partial charge is 0.265 e. The van der Waals surface area contributed by atoms with E-state index in [1.807, 2.05) is 25.1 Å². The van der Waals surface area contributed by atoms with E-state index in [0.717, 1.165) is 11.1 Å². The van der Waals surface area contributed by atoms with Gasteiger partial charge in [-0.1, -0.05) is 11.8 Å². The Labute approximate surface area is 127 Å². The van der Waals surface area contributed by atoms with Gasteiger partial charge in [0.25, 0.3) is 5.91 Å². The van der Waals surface area contributed by atoms with Gasteiger partial charge in [0.15, 0.2) is 0 Å². The largest absolute Gasteiger partial charge is 0.496 e. The van der Waals surface area contributed by atoms with Crippen molar-refractivity contribution in [2.75, 3.05) is 19.0 Å². The number of nitrogens with two attached hydrogens (primary N) is 1. The van der Waals surface area contributed by atoms with Gasteiger partial charge < -0.3 is 15.8 Å². The molecule has 3 N–H and O–H groups in total. The Morgan fingerprint density at radius 1 is 1.38 bits per heavy atom. The molecule has 0 radical (unpaired) electrons. The second-order valence-electron chi connectivity index (χ2n) is 4.40. The summed E-state index contributed by atoms with van der Waals surface area (Å²) in [6.45, 7) is 2.27. The van der Waals surface area contributed by atoms with E-state index in [1.165, 1.54) is 11.3 Å². The van der Waals surface area contributed by atoms with Gasteiger partial charge in [0, 0.05) is 22.7 Å². The number of hydrogen-bond donors (Lipinski definition) is 2. The average Bonchev–Trinajstić information content (AvgIpc) is 2.93. The van der Waals surface area contributed by atoms with E-state index in [4.69, 9.17) is 10.5 Å². The summed E-state index contributed by atoms with van der Waals surface area (Å²) in [5.74, 6) is 6.30. The molecule has 0 fully saturated rings. The molecule has 1 aromatic heterocycles. The minimum absolute atomic E-state index is 0.161. The van der Waals surface area contributed by atoms with Crippen molar-refractivity contribution in [3.63, 3.8) is 0 Å². The molecular formula is C16H16N2O2S. The number of methoxy groups -OCH3 is 1. The number of amides is 1. The first-order valence-electron chi connectivity index (χ1n) is 6.37. The molecule has 0 aliphatic heterocycles. The summed E-state index contributed by atoms with van der Waals surface area (Å²) in [5, 5.41) is 4.67. The van der Waals surface area contributed by atoms with Crippen LogP contribution < -0.4 is 15.8 Å². The maximum absolute atomic E-state index is 12.2. The summed E-state index contributed by atoms with van der Waals surface area (Å²) in [4.78, 5) is 12.8. The van der Waals surface area contributed by atoms with Gasteiger partial charge in [0.1, 0.15) is 5.75 Å². The van der Waals surface area contributed by atoms with Gasteiger partial charge in [-0.2, -0.15) is 0 Å². The van der Waals surface area contributed by atoms with Crippen LogP contribution in [0.5, 0.6) is 5.75 Å². The first-order chi connectivity index (χ1) is 10.1. The fourth-order valence-corrected chi connectivity index (χ4v) is 2.57. The lowest BCUT2D eigenvalue weighted by molar-refractivity contribution is 0.103. The number of thiophene rings is 1. The van der Waals surface area contributed by atoms with Crippen LogP contribution >= 0.6 is 11.3 Å². The molecule has 1 heterocycles. The number of nitrogens with one attached hydrogen (secondary N) is 1. The highest BCUT2D eigenvalue weighted by Gasteiger charge is 2.10. The Kier molecular flexibility index (Phi) is 4.99. The van der Waals surface area contributed by atoms with Gasteiger partial charge in [-0.25, -0.2) is 0 Å². The number of ether oxygens (including phenoxy) is 1. The van der Waals surface area contributed by atoms with Gasteiger partial charge in [0.2, 0.25) is 0 Å². The number of anilines is 1. The molecular weight excluding hydrogens is 284 g/mol. The molecule has 0 saturated carbocycles. The highest BCUT2D eigenvalue weighted by molar-refractivity contribution is 7.12. The summed E-state index contributed by atoms with van der Waals surface area (Å²) in [5.41, 5.74) is 7.95. The minimum Gasteiger partial charge on any atom is -0.496 e. The topological polar surface area (TPSA) is 64.3 Å².